The Morgan fingerprint density at radius 3 is 2.05 bits per heavy atom. The van der Waals surface area contributed by atoms with Gasteiger partial charge < -0.3 is 5.11 Å². The lowest BCUT2D eigenvalue weighted by Crippen LogP contribution is -2.23. The highest BCUT2D eigenvalue weighted by molar-refractivity contribution is 6.21. The fourth-order valence-corrected chi connectivity index (χ4v) is 2.00. The Balaban J connectivity index is 1.93. The van der Waals surface area contributed by atoms with E-state index in [-0.39, 0.29) is 5.75 Å². The van der Waals surface area contributed by atoms with E-state index in [1.165, 1.54) is 12.3 Å². The minimum Gasteiger partial charge on any atom is -0.507 e. The van der Waals surface area contributed by atoms with Crippen LogP contribution >= 0.6 is 0 Å². The topological polar surface area (TPSA) is 70.0 Å². The van der Waals surface area contributed by atoms with Crippen molar-refractivity contribution in [3.63, 3.8) is 0 Å². The van der Waals surface area contributed by atoms with Crippen LogP contribution in [-0.4, -0.2) is 28.1 Å². The number of hydrazone groups is 1. The Morgan fingerprint density at radius 1 is 0.900 bits per heavy atom. The lowest BCUT2D eigenvalue weighted by molar-refractivity contribution is 0.0660. The summed E-state index contributed by atoms with van der Waals surface area (Å²) in [5.74, 6) is -0.887. The molecule has 0 atom stereocenters. The second-order valence-corrected chi connectivity index (χ2v) is 4.27. The summed E-state index contributed by atoms with van der Waals surface area (Å²) in [6.45, 7) is 0. The summed E-state index contributed by atoms with van der Waals surface area (Å²) in [6, 6.07) is 13.1. The molecule has 20 heavy (non-hydrogen) atoms. The highest BCUT2D eigenvalue weighted by atomic mass is 16.3. The van der Waals surface area contributed by atoms with Gasteiger partial charge in [0, 0.05) is 5.56 Å². The summed E-state index contributed by atoms with van der Waals surface area (Å²) in [6.07, 6.45) is 1.29. The van der Waals surface area contributed by atoms with Crippen molar-refractivity contribution < 1.29 is 14.7 Å². The number of aromatic hydroxyl groups is 1. The van der Waals surface area contributed by atoms with Crippen molar-refractivity contribution in [3.8, 4) is 5.75 Å². The van der Waals surface area contributed by atoms with Crippen LogP contribution in [0.1, 0.15) is 26.3 Å². The molecule has 5 heteroatoms. The summed E-state index contributed by atoms with van der Waals surface area (Å²) in [5, 5.41) is 14.3. The second-order valence-electron chi connectivity index (χ2n) is 4.27. The molecule has 0 radical (unpaired) electrons. The Labute approximate surface area is 114 Å². The number of hydrogen-bond acceptors (Lipinski definition) is 4. The quantitative estimate of drug-likeness (QED) is 0.667. The number of imide groups is 1. The number of para-hydroxylation sites is 1. The third-order valence-corrected chi connectivity index (χ3v) is 3.02. The molecular weight excluding hydrogens is 256 g/mol. The van der Waals surface area contributed by atoms with Gasteiger partial charge in [-0.05, 0) is 24.3 Å². The molecule has 1 aliphatic heterocycles. The molecule has 1 heterocycles. The van der Waals surface area contributed by atoms with Gasteiger partial charge in [0.15, 0.2) is 0 Å². The van der Waals surface area contributed by atoms with E-state index < -0.39 is 11.8 Å². The predicted molar refractivity (Wildman–Crippen MR) is 72.6 cm³/mol. The Kier molecular flexibility index (Phi) is 2.80. The number of phenolic OH excluding ortho intramolecular Hbond substituents is 1. The van der Waals surface area contributed by atoms with Crippen molar-refractivity contribution in [2.75, 3.05) is 0 Å². The summed E-state index contributed by atoms with van der Waals surface area (Å²) in [7, 11) is 0. The van der Waals surface area contributed by atoms with Gasteiger partial charge >= 0.3 is 0 Å². The molecule has 0 aliphatic carbocycles. The van der Waals surface area contributed by atoms with Crippen molar-refractivity contribution >= 4 is 18.0 Å². The van der Waals surface area contributed by atoms with E-state index in [2.05, 4.69) is 5.10 Å². The molecule has 0 unspecified atom stereocenters. The molecule has 5 nitrogen and oxygen atoms in total. The van der Waals surface area contributed by atoms with Crippen molar-refractivity contribution in [3.05, 3.63) is 65.2 Å². The van der Waals surface area contributed by atoms with Crippen LogP contribution in [0, 0.1) is 0 Å². The lowest BCUT2D eigenvalue weighted by atomic mass is 10.1. The van der Waals surface area contributed by atoms with Crippen molar-refractivity contribution in [1.82, 2.24) is 5.01 Å². The number of carbonyl (C=O) groups is 2. The van der Waals surface area contributed by atoms with Gasteiger partial charge in [0.25, 0.3) is 11.8 Å². The maximum atomic E-state index is 12.0. The number of phenols is 1. The normalized spacial score (nSPS) is 14.1. The molecular formula is C15H10N2O3. The van der Waals surface area contributed by atoms with Gasteiger partial charge in [0.2, 0.25) is 0 Å². The molecule has 0 saturated heterocycles. The summed E-state index contributed by atoms with van der Waals surface area (Å²) in [5.41, 5.74) is 1.11. The third kappa shape index (κ3) is 1.85. The molecule has 0 aromatic heterocycles. The summed E-state index contributed by atoms with van der Waals surface area (Å²) >= 11 is 0. The van der Waals surface area contributed by atoms with Crippen LogP contribution in [0.5, 0.6) is 5.75 Å². The van der Waals surface area contributed by atoms with E-state index in [4.69, 9.17) is 0 Å². The lowest BCUT2D eigenvalue weighted by Gasteiger charge is -2.05. The van der Waals surface area contributed by atoms with E-state index in [9.17, 15) is 14.7 Å². The third-order valence-electron chi connectivity index (χ3n) is 3.02. The first kappa shape index (κ1) is 12.1. The van der Waals surface area contributed by atoms with Crippen LogP contribution in [0.2, 0.25) is 0 Å². The van der Waals surface area contributed by atoms with Crippen LogP contribution in [0.4, 0.5) is 0 Å². The van der Waals surface area contributed by atoms with E-state index in [0.717, 1.165) is 5.01 Å². The molecule has 1 N–H and O–H groups in total. The monoisotopic (exact) mass is 266 g/mol. The zero-order valence-corrected chi connectivity index (χ0v) is 10.4. The van der Waals surface area contributed by atoms with Crippen LogP contribution in [0.3, 0.4) is 0 Å². The Morgan fingerprint density at radius 2 is 1.45 bits per heavy atom. The molecule has 1 aliphatic rings. The summed E-state index contributed by atoms with van der Waals surface area (Å²) in [4.78, 5) is 24.1. The fourth-order valence-electron chi connectivity index (χ4n) is 2.00. The number of carbonyl (C=O) groups excluding carboxylic acids is 2. The van der Waals surface area contributed by atoms with Gasteiger partial charge in [-0.3, -0.25) is 9.59 Å². The fraction of sp³-hybridized carbons (Fsp3) is 0. The second kappa shape index (κ2) is 4.62. The molecule has 0 fully saturated rings. The van der Waals surface area contributed by atoms with Gasteiger partial charge in [0.1, 0.15) is 5.75 Å². The van der Waals surface area contributed by atoms with Crippen LogP contribution in [-0.2, 0) is 0 Å². The predicted octanol–water partition coefficient (Wildman–Crippen LogP) is 2.02. The summed E-state index contributed by atoms with van der Waals surface area (Å²) < 4.78 is 0. The average Bonchev–Trinajstić information content (AvgIpc) is 2.71. The van der Waals surface area contributed by atoms with E-state index in [0.29, 0.717) is 16.7 Å². The van der Waals surface area contributed by atoms with Gasteiger partial charge in [-0.2, -0.15) is 10.1 Å². The smallest absolute Gasteiger partial charge is 0.282 e. The highest BCUT2D eigenvalue weighted by Crippen LogP contribution is 2.23. The van der Waals surface area contributed by atoms with Crippen LogP contribution in [0.15, 0.2) is 53.6 Å². The van der Waals surface area contributed by atoms with Crippen LogP contribution in [0.25, 0.3) is 0 Å². The van der Waals surface area contributed by atoms with E-state index in [1.807, 2.05) is 0 Å². The highest BCUT2D eigenvalue weighted by Gasteiger charge is 2.35. The molecule has 0 spiro atoms. The minimum atomic E-state index is -0.461. The number of nitrogens with zero attached hydrogens (tertiary/aromatic N) is 2. The number of amides is 2. The van der Waals surface area contributed by atoms with Crippen molar-refractivity contribution in [2.45, 2.75) is 0 Å². The number of fused-ring (bicyclic) bond motifs is 1. The Bertz CT molecular complexity index is 702. The SMILES string of the molecule is O=C1c2ccccc2C(=O)N1N=Cc1ccccc1O. The van der Waals surface area contributed by atoms with E-state index in [1.54, 1.807) is 42.5 Å². The van der Waals surface area contributed by atoms with Crippen molar-refractivity contribution in [2.24, 2.45) is 5.10 Å². The zero-order chi connectivity index (χ0) is 14.1. The Hall–Kier alpha value is -2.95. The first-order valence-corrected chi connectivity index (χ1v) is 5.98. The number of hydrogen-bond donors (Lipinski definition) is 1. The van der Waals surface area contributed by atoms with Gasteiger partial charge in [-0.25, -0.2) is 0 Å². The number of benzene rings is 2. The maximum Gasteiger partial charge on any atom is 0.282 e. The molecule has 0 bridgehead atoms. The van der Waals surface area contributed by atoms with Gasteiger partial charge in [0.05, 0.1) is 17.3 Å². The minimum absolute atomic E-state index is 0.0351. The molecule has 0 saturated carbocycles. The molecule has 98 valence electrons. The average molecular weight is 266 g/mol. The van der Waals surface area contributed by atoms with Gasteiger partial charge in [-0.1, -0.05) is 24.3 Å². The number of rotatable bonds is 2. The van der Waals surface area contributed by atoms with E-state index >= 15 is 0 Å². The first-order valence-electron chi connectivity index (χ1n) is 5.98. The zero-order valence-electron chi connectivity index (χ0n) is 10.4. The maximum absolute atomic E-state index is 12.0. The standard InChI is InChI=1S/C15H10N2O3/c18-13-8-4-1-5-10(13)9-16-17-14(19)11-6-2-3-7-12(11)15(17)20/h1-9,18H. The first-order chi connectivity index (χ1) is 9.68. The molecule has 3 rings (SSSR count). The largest absolute Gasteiger partial charge is 0.507 e. The van der Waals surface area contributed by atoms with Gasteiger partial charge in [-0.15, -0.1) is 0 Å². The molecule has 2 aromatic rings. The van der Waals surface area contributed by atoms with Crippen LogP contribution < -0.4 is 0 Å². The molecule has 2 amide bonds. The molecule has 2 aromatic carbocycles. The van der Waals surface area contributed by atoms with Crippen molar-refractivity contribution in [1.29, 1.82) is 0 Å².